The topological polar surface area (TPSA) is 51.8 Å². The number of aromatic nitrogens is 2. The lowest BCUT2D eigenvalue weighted by Crippen LogP contribution is -2.03. The van der Waals surface area contributed by atoms with Gasteiger partial charge in [-0.15, -0.1) is 0 Å². The summed E-state index contributed by atoms with van der Waals surface area (Å²) in [4.78, 5) is 8.87. The maximum Gasteiger partial charge on any atom is 0.150 e. The summed E-state index contributed by atoms with van der Waals surface area (Å²) in [5, 5.41) is 0. The molecule has 1 aromatic heterocycles. The van der Waals surface area contributed by atoms with Crippen LogP contribution in [-0.4, -0.2) is 9.97 Å². The standard InChI is InChI=1S/C14H17N3/c1-8-5-6-12(9(2)7-8)13-14(15)17-11(4)10(3)16-13/h5-7H,1-4H3,(H2,15,17). The van der Waals surface area contributed by atoms with Crippen LogP contribution in [0.15, 0.2) is 18.2 Å². The Balaban J connectivity index is 2.64. The molecule has 0 aliphatic carbocycles. The second kappa shape index (κ2) is 4.17. The molecular formula is C14H17N3. The molecule has 3 heteroatoms. The first-order valence-corrected chi connectivity index (χ1v) is 5.67. The zero-order valence-electron chi connectivity index (χ0n) is 10.7. The van der Waals surface area contributed by atoms with Gasteiger partial charge >= 0.3 is 0 Å². The van der Waals surface area contributed by atoms with Crippen molar-refractivity contribution in [3.05, 3.63) is 40.7 Å². The molecule has 1 heterocycles. The first-order valence-electron chi connectivity index (χ1n) is 5.67. The number of aryl methyl sites for hydroxylation is 4. The van der Waals surface area contributed by atoms with E-state index in [1.165, 1.54) is 11.1 Å². The molecular weight excluding hydrogens is 210 g/mol. The van der Waals surface area contributed by atoms with Gasteiger partial charge in [-0.05, 0) is 33.3 Å². The summed E-state index contributed by atoms with van der Waals surface area (Å²) in [6.07, 6.45) is 0. The molecule has 0 atom stereocenters. The normalized spacial score (nSPS) is 10.6. The third-order valence-electron chi connectivity index (χ3n) is 2.97. The molecule has 17 heavy (non-hydrogen) atoms. The molecule has 0 aliphatic rings. The molecule has 2 aromatic rings. The van der Waals surface area contributed by atoms with Crippen LogP contribution in [0.5, 0.6) is 0 Å². The van der Waals surface area contributed by atoms with Crippen LogP contribution in [0.2, 0.25) is 0 Å². The van der Waals surface area contributed by atoms with Gasteiger partial charge in [0.05, 0.1) is 11.4 Å². The van der Waals surface area contributed by atoms with Crippen LogP contribution in [0.4, 0.5) is 5.82 Å². The van der Waals surface area contributed by atoms with Crippen molar-refractivity contribution in [3.63, 3.8) is 0 Å². The lowest BCUT2D eigenvalue weighted by atomic mass is 10.0. The molecule has 3 nitrogen and oxygen atoms in total. The summed E-state index contributed by atoms with van der Waals surface area (Å²) in [6, 6.07) is 6.25. The highest BCUT2D eigenvalue weighted by Gasteiger charge is 2.10. The van der Waals surface area contributed by atoms with Crippen molar-refractivity contribution in [1.29, 1.82) is 0 Å². The van der Waals surface area contributed by atoms with E-state index in [1.807, 2.05) is 13.8 Å². The van der Waals surface area contributed by atoms with Gasteiger partial charge in [-0.1, -0.05) is 23.8 Å². The summed E-state index contributed by atoms with van der Waals surface area (Å²) in [5.41, 5.74) is 12.0. The summed E-state index contributed by atoms with van der Waals surface area (Å²) in [5.74, 6) is 0.500. The van der Waals surface area contributed by atoms with E-state index < -0.39 is 0 Å². The van der Waals surface area contributed by atoms with Gasteiger partial charge in [-0.2, -0.15) is 0 Å². The zero-order valence-corrected chi connectivity index (χ0v) is 10.7. The zero-order chi connectivity index (χ0) is 12.6. The molecule has 0 bridgehead atoms. The second-order valence-corrected chi connectivity index (χ2v) is 4.45. The Morgan fingerprint density at radius 3 is 2.24 bits per heavy atom. The van der Waals surface area contributed by atoms with Crippen molar-refractivity contribution in [3.8, 4) is 11.3 Å². The lowest BCUT2D eigenvalue weighted by Gasteiger charge is -2.10. The Morgan fingerprint density at radius 1 is 0.941 bits per heavy atom. The number of hydrogen-bond donors (Lipinski definition) is 1. The van der Waals surface area contributed by atoms with Crippen LogP contribution in [0.3, 0.4) is 0 Å². The summed E-state index contributed by atoms with van der Waals surface area (Å²) < 4.78 is 0. The van der Waals surface area contributed by atoms with E-state index >= 15 is 0 Å². The number of anilines is 1. The Labute approximate surface area is 102 Å². The minimum absolute atomic E-state index is 0.500. The quantitative estimate of drug-likeness (QED) is 0.814. The van der Waals surface area contributed by atoms with Gasteiger partial charge in [0.25, 0.3) is 0 Å². The average Bonchev–Trinajstić information content (AvgIpc) is 2.24. The van der Waals surface area contributed by atoms with Crippen molar-refractivity contribution in [1.82, 2.24) is 9.97 Å². The van der Waals surface area contributed by atoms with Crippen molar-refractivity contribution < 1.29 is 0 Å². The third kappa shape index (κ3) is 2.13. The maximum absolute atomic E-state index is 5.96. The Morgan fingerprint density at radius 2 is 1.59 bits per heavy atom. The summed E-state index contributed by atoms with van der Waals surface area (Å²) in [6.45, 7) is 8.02. The van der Waals surface area contributed by atoms with Crippen molar-refractivity contribution in [2.45, 2.75) is 27.7 Å². The first-order chi connectivity index (χ1) is 7.99. The molecule has 0 radical (unpaired) electrons. The predicted molar refractivity (Wildman–Crippen MR) is 70.8 cm³/mol. The molecule has 0 unspecified atom stereocenters. The lowest BCUT2D eigenvalue weighted by molar-refractivity contribution is 1.06. The molecule has 0 fully saturated rings. The van der Waals surface area contributed by atoms with E-state index in [0.29, 0.717) is 5.82 Å². The monoisotopic (exact) mass is 227 g/mol. The van der Waals surface area contributed by atoms with E-state index in [2.05, 4.69) is 42.0 Å². The highest BCUT2D eigenvalue weighted by atomic mass is 14.9. The number of hydrogen-bond acceptors (Lipinski definition) is 3. The van der Waals surface area contributed by atoms with Gasteiger partial charge < -0.3 is 5.73 Å². The van der Waals surface area contributed by atoms with E-state index in [1.54, 1.807) is 0 Å². The summed E-state index contributed by atoms with van der Waals surface area (Å²) in [7, 11) is 0. The van der Waals surface area contributed by atoms with Crippen LogP contribution in [0.25, 0.3) is 11.3 Å². The molecule has 0 saturated carbocycles. The minimum atomic E-state index is 0.500. The second-order valence-electron chi connectivity index (χ2n) is 4.45. The highest BCUT2D eigenvalue weighted by Crippen LogP contribution is 2.27. The number of nitrogens with zero attached hydrogens (tertiary/aromatic N) is 2. The number of benzene rings is 1. The van der Waals surface area contributed by atoms with Crippen molar-refractivity contribution >= 4 is 5.82 Å². The molecule has 0 saturated heterocycles. The van der Waals surface area contributed by atoms with E-state index in [9.17, 15) is 0 Å². The third-order valence-corrected chi connectivity index (χ3v) is 2.97. The van der Waals surface area contributed by atoms with E-state index in [0.717, 1.165) is 22.6 Å². The summed E-state index contributed by atoms with van der Waals surface area (Å²) >= 11 is 0. The molecule has 2 N–H and O–H groups in total. The molecule has 2 rings (SSSR count). The first kappa shape index (κ1) is 11.6. The minimum Gasteiger partial charge on any atom is -0.382 e. The Hall–Kier alpha value is -1.90. The molecule has 88 valence electrons. The average molecular weight is 227 g/mol. The maximum atomic E-state index is 5.96. The number of nitrogen functional groups attached to an aromatic ring is 1. The van der Waals surface area contributed by atoms with Crippen LogP contribution >= 0.6 is 0 Å². The van der Waals surface area contributed by atoms with Crippen LogP contribution in [0.1, 0.15) is 22.5 Å². The molecule has 0 spiro atoms. The Bertz CT molecular complexity index is 574. The van der Waals surface area contributed by atoms with Gasteiger partial charge in [0.1, 0.15) is 11.5 Å². The van der Waals surface area contributed by atoms with Crippen LogP contribution in [0, 0.1) is 27.7 Å². The fourth-order valence-corrected chi connectivity index (χ4v) is 1.90. The smallest absolute Gasteiger partial charge is 0.150 e. The molecule has 1 aromatic carbocycles. The van der Waals surface area contributed by atoms with Crippen LogP contribution in [-0.2, 0) is 0 Å². The fraction of sp³-hybridized carbons (Fsp3) is 0.286. The highest BCUT2D eigenvalue weighted by molar-refractivity contribution is 5.73. The largest absolute Gasteiger partial charge is 0.382 e. The van der Waals surface area contributed by atoms with Gasteiger partial charge in [-0.3, -0.25) is 0 Å². The Kier molecular flexibility index (Phi) is 2.84. The molecule has 0 amide bonds. The predicted octanol–water partition coefficient (Wildman–Crippen LogP) is 2.96. The molecule has 0 aliphatic heterocycles. The number of nitrogens with two attached hydrogens (primary N) is 1. The number of rotatable bonds is 1. The van der Waals surface area contributed by atoms with Crippen LogP contribution < -0.4 is 5.73 Å². The SMILES string of the molecule is Cc1ccc(-c2nc(C)c(C)nc2N)c(C)c1. The van der Waals surface area contributed by atoms with Gasteiger partial charge in [-0.25, -0.2) is 9.97 Å². The van der Waals surface area contributed by atoms with E-state index in [4.69, 9.17) is 5.73 Å². The van der Waals surface area contributed by atoms with Gasteiger partial charge in [0, 0.05) is 5.56 Å². The van der Waals surface area contributed by atoms with Crippen molar-refractivity contribution in [2.75, 3.05) is 5.73 Å². The fourth-order valence-electron chi connectivity index (χ4n) is 1.90. The van der Waals surface area contributed by atoms with Crippen molar-refractivity contribution in [2.24, 2.45) is 0 Å². The van der Waals surface area contributed by atoms with Gasteiger partial charge in [0.2, 0.25) is 0 Å². The van der Waals surface area contributed by atoms with Gasteiger partial charge in [0.15, 0.2) is 0 Å². The van der Waals surface area contributed by atoms with E-state index in [-0.39, 0.29) is 0 Å².